The van der Waals surface area contributed by atoms with Gasteiger partial charge in [0.15, 0.2) is 18.1 Å². The van der Waals surface area contributed by atoms with Gasteiger partial charge in [-0.1, -0.05) is 19.1 Å². The lowest BCUT2D eigenvalue weighted by molar-refractivity contribution is -0.137. The molecule has 2 aliphatic rings. The SMILES string of the molecule is C[C@H]1CCc2sc(C(=O)OCC(=O)NC(=O)[C@H]3COc4ccccc4O3)cc2C1. The highest BCUT2D eigenvalue weighted by Crippen LogP contribution is 2.33. The van der Waals surface area contributed by atoms with Crippen molar-refractivity contribution in [2.45, 2.75) is 32.3 Å². The first kappa shape index (κ1) is 19.4. The van der Waals surface area contributed by atoms with Gasteiger partial charge < -0.3 is 14.2 Å². The minimum atomic E-state index is -0.949. The molecule has 0 radical (unpaired) electrons. The van der Waals surface area contributed by atoms with E-state index in [-0.39, 0.29) is 6.61 Å². The number of nitrogens with one attached hydrogen (secondary N) is 1. The summed E-state index contributed by atoms with van der Waals surface area (Å²) in [5.41, 5.74) is 1.19. The van der Waals surface area contributed by atoms with E-state index < -0.39 is 30.5 Å². The van der Waals surface area contributed by atoms with Crippen LogP contribution in [0.2, 0.25) is 0 Å². The third-order valence-electron chi connectivity index (χ3n) is 4.93. The fourth-order valence-corrected chi connectivity index (χ4v) is 4.51. The highest BCUT2D eigenvalue weighted by molar-refractivity contribution is 7.14. The van der Waals surface area contributed by atoms with Crippen LogP contribution in [-0.2, 0) is 27.2 Å². The molecule has 1 aromatic carbocycles. The Labute approximate surface area is 172 Å². The number of ether oxygens (including phenoxy) is 3. The Morgan fingerprint density at radius 1 is 1.24 bits per heavy atom. The number of carbonyl (C=O) groups excluding carboxylic acids is 3. The lowest BCUT2D eigenvalue weighted by atomic mass is 9.90. The minimum absolute atomic E-state index is 0.00487. The summed E-state index contributed by atoms with van der Waals surface area (Å²) < 4.78 is 16.1. The highest BCUT2D eigenvalue weighted by Gasteiger charge is 2.29. The third kappa shape index (κ3) is 4.42. The van der Waals surface area contributed by atoms with Crippen molar-refractivity contribution >= 4 is 29.1 Å². The third-order valence-corrected chi connectivity index (χ3v) is 6.15. The molecule has 2 atom stereocenters. The van der Waals surface area contributed by atoms with Crippen LogP contribution in [0.4, 0.5) is 0 Å². The molecule has 8 heteroatoms. The fraction of sp³-hybridized carbons (Fsp3) is 0.381. The number of fused-ring (bicyclic) bond motifs is 2. The van der Waals surface area contributed by atoms with Crippen molar-refractivity contribution in [2.75, 3.05) is 13.2 Å². The Morgan fingerprint density at radius 3 is 2.86 bits per heavy atom. The molecule has 0 saturated carbocycles. The van der Waals surface area contributed by atoms with Crippen molar-refractivity contribution < 1.29 is 28.6 Å². The van der Waals surface area contributed by atoms with Gasteiger partial charge in [0.25, 0.3) is 11.8 Å². The van der Waals surface area contributed by atoms with Gasteiger partial charge in [0.05, 0.1) is 0 Å². The molecule has 7 nitrogen and oxygen atoms in total. The lowest BCUT2D eigenvalue weighted by Crippen LogP contribution is -2.47. The number of rotatable bonds is 4. The van der Waals surface area contributed by atoms with Gasteiger partial charge in [-0.2, -0.15) is 0 Å². The Bertz CT molecular complexity index is 952. The number of hydrogen-bond acceptors (Lipinski definition) is 7. The topological polar surface area (TPSA) is 90.9 Å². The van der Waals surface area contributed by atoms with Crippen molar-refractivity contribution in [3.8, 4) is 11.5 Å². The van der Waals surface area contributed by atoms with E-state index in [0.29, 0.717) is 22.3 Å². The first-order chi connectivity index (χ1) is 14.0. The number of hydrogen-bond donors (Lipinski definition) is 1. The number of amides is 2. The molecular weight excluding hydrogens is 394 g/mol. The number of benzene rings is 1. The molecule has 2 amide bonds. The van der Waals surface area contributed by atoms with Crippen LogP contribution < -0.4 is 14.8 Å². The average Bonchev–Trinajstić information content (AvgIpc) is 3.15. The van der Waals surface area contributed by atoms with E-state index in [0.717, 1.165) is 19.3 Å². The largest absolute Gasteiger partial charge is 0.485 e. The zero-order valence-corrected chi connectivity index (χ0v) is 16.8. The smallest absolute Gasteiger partial charge is 0.348 e. The molecule has 0 fully saturated rings. The second kappa shape index (κ2) is 8.24. The zero-order valence-electron chi connectivity index (χ0n) is 15.9. The molecule has 1 aromatic heterocycles. The van der Waals surface area contributed by atoms with Gasteiger partial charge in [-0.05, 0) is 48.9 Å². The zero-order chi connectivity index (χ0) is 20.4. The maximum absolute atomic E-state index is 12.3. The number of aryl methyl sites for hydroxylation is 1. The van der Waals surface area contributed by atoms with E-state index in [4.69, 9.17) is 14.2 Å². The minimum Gasteiger partial charge on any atom is -0.485 e. The average molecular weight is 415 g/mol. The predicted octanol–water partition coefficient (Wildman–Crippen LogP) is 2.51. The summed E-state index contributed by atoms with van der Waals surface area (Å²) in [6.45, 7) is 1.66. The molecular formula is C21H21NO6S. The predicted molar refractivity (Wildman–Crippen MR) is 105 cm³/mol. The van der Waals surface area contributed by atoms with E-state index in [9.17, 15) is 14.4 Å². The first-order valence-corrected chi connectivity index (χ1v) is 10.3. The van der Waals surface area contributed by atoms with E-state index in [1.165, 1.54) is 21.8 Å². The van der Waals surface area contributed by atoms with Crippen LogP contribution in [0.25, 0.3) is 0 Å². The molecule has 2 heterocycles. The molecule has 29 heavy (non-hydrogen) atoms. The van der Waals surface area contributed by atoms with E-state index in [1.54, 1.807) is 24.3 Å². The summed E-state index contributed by atoms with van der Waals surface area (Å²) in [7, 11) is 0. The van der Waals surface area contributed by atoms with Gasteiger partial charge in [0.2, 0.25) is 6.10 Å². The van der Waals surface area contributed by atoms with Gasteiger partial charge in [0.1, 0.15) is 11.5 Å². The van der Waals surface area contributed by atoms with Crippen LogP contribution in [0.5, 0.6) is 11.5 Å². The first-order valence-electron chi connectivity index (χ1n) is 9.50. The molecule has 1 aliphatic carbocycles. The van der Waals surface area contributed by atoms with Crippen LogP contribution in [0, 0.1) is 5.92 Å². The van der Waals surface area contributed by atoms with Crippen LogP contribution in [0.15, 0.2) is 30.3 Å². The van der Waals surface area contributed by atoms with E-state index in [1.807, 2.05) is 6.07 Å². The van der Waals surface area contributed by atoms with Crippen molar-refractivity contribution in [1.82, 2.24) is 5.32 Å². The molecule has 1 aliphatic heterocycles. The van der Waals surface area contributed by atoms with Crippen molar-refractivity contribution in [1.29, 1.82) is 0 Å². The highest BCUT2D eigenvalue weighted by atomic mass is 32.1. The Morgan fingerprint density at radius 2 is 2.03 bits per heavy atom. The van der Waals surface area contributed by atoms with Gasteiger partial charge in [0, 0.05) is 4.88 Å². The van der Waals surface area contributed by atoms with Crippen molar-refractivity contribution in [2.24, 2.45) is 5.92 Å². The molecule has 4 rings (SSSR count). The summed E-state index contributed by atoms with van der Waals surface area (Å²) in [5.74, 6) is -0.304. The quantitative estimate of drug-likeness (QED) is 0.772. The number of para-hydroxylation sites is 2. The lowest BCUT2D eigenvalue weighted by Gasteiger charge is -2.25. The molecule has 0 unspecified atom stereocenters. The number of imide groups is 1. The molecule has 0 bridgehead atoms. The maximum Gasteiger partial charge on any atom is 0.348 e. The summed E-state index contributed by atoms with van der Waals surface area (Å²) >= 11 is 1.42. The summed E-state index contributed by atoms with van der Waals surface area (Å²) in [6.07, 6.45) is 2.09. The fourth-order valence-electron chi connectivity index (χ4n) is 3.41. The Kier molecular flexibility index (Phi) is 5.53. The van der Waals surface area contributed by atoms with Crippen molar-refractivity contribution in [3.63, 3.8) is 0 Å². The second-order valence-corrected chi connectivity index (χ2v) is 8.40. The molecule has 1 N–H and O–H groups in total. The number of esters is 1. The Hall–Kier alpha value is -2.87. The van der Waals surface area contributed by atoms with Gasteiger partial charge in [-0.15, -0.1) is 11.3 Å². The molecule has 0 saturated heterocycles. The summed E-state index contributed by atoms with van der Waals surface area (Å²) in [5, 5.41) is 2.19. The van der Waals surface area contributed by atoms with Gasteiger partial charge in [-0.25, -0.2) is 4.79 Å². The van der Waals surface area contributed by atoms with Crippen LogP contribution >= 0.6 is 11.3 Å². The van der Waals surface area contributed by atoms with E-state index >= 15 is 0 Å². The monoisotopic (exact) mass is 415 g/mol. The molecule has 152 valence electrons. The normalized spacial score (nSPS) is 19.8. The Balaban J connectivity index is 1.27. The standard InChI is InChI=1S/C21H21NO6S/c1-12-6-7-17-13(8-12)9-18(29-17)21(25)27-11-19(23)22-20(24)16-10-26-14-4-2-3-5-15(14)28-16/h2-5,9,12,16H,6-8,10-11H2,1H3,(H,22,23,24)/t12-,16+/m0/s1. The van der Waals surface area contributed by atoms with E-state index in [2.05, 4.69) is 12.2 Å². The van der Waals surface area contributed by atoms with Crippen LogP contribution in [-0.4, -0.2) is 37.1 Å². The van der Waals surface area contributed by atoms with Crippen molar-refractivity contribution in [3.05, 3.63) is 45.6 Å². The number of carbonyl (C=O) groups is 3. The number of thiophene rings is 1. The summed E-state index contributed by atoms with van der Waals surface area (Å²) in [6, 6.07) is 8.82. The van der Waals surface area contributed by atoms with Gasteiger partial charge in [-0.3, -0.25) is 14.9 Å². The molecule has 2 aromatic rings. The summed E-state index contributed by atoms with van der Waals surface area (Å²) in [4.78, 5) is 38.2. The second-order valence-electron chi connectivity index (χ2n) is 7.26. The maximum atomic E-state index is 12.3. The van der Waals surface area contributed by atoms with Gasteiger partial charge >= 0.3 is 5.97 Å². The van der Waals surface area contributed by atoms with Crippen LogP contribution in [0.1, 0.15) is 33.5 Å². The van der Waals surface area contributed by atoms with Crippen LogP contribution in [0.3, 0.4) is 0 Å². The molecule has 0 spiro atoms.